The van der Waals surface area contributed by atoms with Gasteiger partial charge in [0.2, 0.25) is 5.96 Å². The highest BCUT2D eigenvalue weighted by atomic mass is 15.4. The van der Waals surface area contributed by atoms with Crippen molar-refractivity contribution in [3.63, 3.8) is 0 Å². The van der Waals surface area contributed by atoms with Crippen molar-refractivity contribution < 1.29 is 0 Å². The minimum atomic E-state index is -0.0463. The third-order valence-electron chi connectivity index (χ3n) is 0.382. The van der Waals surface area contributed by atoms with E-state index in [4.69, 9.17) is 5.41 Å². The Morgan fingerprint density at radius 2 is 1.62 bits per heavy atom. The van der Waals surface area contributed by atoms with Crippen LogP contribution in [0, 0.1) is 5.41 Å². The van der Waals surface area contributed by atoms with Crippen molar-refractivity contribution in [2.45, 2.75) is 0 Å². The Morgan fingerprint density at radius 3 is 1.88 bits per heavy atom. The number of nitrogens with one attached hydrogen (secondary N) is 3. The van der Waals surface area contributed by atoms with E-state index in [9.17, 15) is 0 Å². The van der Waals surface area contributed by atoms with E-state index in [-0.39, 0.29) is 5.96 Å². The normalized spacial score (nSPS) is 7.00. The van der Waals surface area contributed by atoms with Crippen LogP contribution in [0.4, 0.5) is 0 Å². The predicted molar refractivity (Wildman–Crippen MR) is 33.1 cm³/mol. The maximum atomic E-state index is 6.80. The highest BCUT2D eigenvalue weighted by Crippen LogP contribution is 1.55. The van der Waals surface area contributed by atoms with Gasteiger partial charge in [0.1, 0.15) is 0 Å². The van der Waals surface area contributed by atoms with Crippen molar-refractivity contribution in [2.24, 2.45) is 10.2 Å². The molecule has 0 saturated heterocycles. The second-order valence-electron chi connectivity index (χ2n) is 0.915. The van der Waals surface area contributed by atoms with Gasteiger partial charge in [-0.2, -0.15) is 10.2 Å². The summed E-state index contributed by atoms with van der Waals surface area (Å²) in [6.45, 7) is 6.16. The van der Waals surface area contributed by atoms with Crippen LogP contribution in [0.1, 0.15) is 0 Å². The minimum absolute atomic E-state index is 0.0463. The lowest BCUT2D eigenvalue weighted by molar-refractivity contribution is 0.898. The van der Waals surface area contributed by atoms with Gasteiger partial charge in [-0.25, -0.2) is 10.9 Å². The van der Waals surface area contributed by atoms with Crippen LogP contribution in [-0.4, -0.2) is 19.4 Å². The summed E-state index contributed by atoms with van der Waals surface area (Å²) in [7, 11) is 0. The minimum Gasteiger partial charge on any atom is -0.266 e. The number of guanidine groups is 1. The quantitative estimate of drug-likeness (QED) is 0.252. The second-order valence-corrected chi connectivity index (χ2v) is 0.915. The molecular formula is C3H7N5. The van der Waals surface area contributed by atoms with Crippen molar-refractivity contribution in [3.8, 4) is 0 Å². The molecule has 0 spiro atoms. The van der Waals surface area contributed by atoms with Gasteiger partial charge in [0, 0.05) is 13.4 Å². The maximum Gasteiger partial charge on any atom is 0.230 e. The van der Waals surface area contributed by atoms with E-state index in [1.165, 1.54) is 0 Å². The molecule has 0 unspecified atom stereocenters. The topological polar surface area (TPSA) is 72.6 Å². The van der Waals surface area contributed by atoms with Crippen molar-refractivity contribution in [1.82, 2.24) is 10.9 Å². The summed E-state index contributed by atoms with van der Waals surface area (Å²) in [5, 5.41) is 13.2. The number of hydrazone groups is 2. The molecule has 44 valence electrons. The van der Waals surface area contributed by atoms with E-state index in [0.29, 0.717) is 0 Å². The fourth-order valence-electron chi connectivity index (χ4n) is 0.183. The van der Waals surface area contributed by atoms with Gasteiger partial charge in [-0.3, -0.25) is 5.41 Å². The Balaban J connectivity index is 3.32. The van der Waals surface area contributed by atoms with Gasteiger partial charge < -0.3 is 0 Å². The summed E-state index contributed by atoms with van der Waals surface area (Å²) in [6, 6.07) is 0. The molecule has 0 bridgehead atoms. The summed E-state index contributed by atoms with van der Waals surface area (Å²) >= 11 is 0. The van der Waals surface area contributed by atoms with Gasteiger partial charge >= 0.3 is 0 Å². The predicted octanol–water partition coefficient (Wildman–Crippen LogP) is -0.668. The lowest BCUT2D eigenvalue weighted by Crippen LogP contribution is -2.28. The maximum absolute atomic E-state index is 6.80. The van der Waals surface area contributed by atoms with Crippen molar-refractivity contribution in [2.75, 3.05) is 0 Å². The first-order valence-electron chi connectivity index (χ1n) is 1.83. The van der Waals surface area contributed by atoms with Crippen LogP contribution in [-0.2, 0) is 0 Å². The molecule has 0 saturated carbocycles. The molecule has 0 aromatic heterocycles. The lowest BCUT2D eigenvalue weighted by atomic mass is 11.1. The van der Waals surface area contributed by atoms with Crippen molar-refractivity contribution >= 4 is 19.4 Å². The molecule has 0 aliphatic heterocycles. The largest absolute Gasteiger partial charge is 0.266 e. The fourth-order valence-corrected chi connectivity index (χ4v) is 0.183. The average molecular weight is 113 g/mol. The molecule has 0 aliphatic rings. The Hall–Kier alpha value is -1.39. The third kappa shape index (κ3) is 2.83. The molecule has 0 heterocycles. The van der Waals surface area contributed by atoms with E-state index in [1.54, 1.807) is 0 Å². The summed E-state index contributed by atoms with van der Waals surface area (Å²) in [6.07, 6.45) is 0. The van der Waals surface area contributed by atoms with Gasteiger partial charge in [-0.1, -0.05) is 0 Å². The van der Waals surface area contributed by atoms with Crippen LogP contribution in [0.15, 0.2) is 10.2 Å². The Morgan fingerprint density at radius 1 is 1.25 bits per heavy atom. The van der Waals surface area contributed by atoms with E-state index >= 15 is 0 Å². The number of hydrogen-bond acceptors (Lipinski definition) is 3. The number of hydrogen-bond donors (Lipinski definition) is 3. The fraction of sp³-hybridized carbons (Fsp3) is 0. The van der Waals surface area contributed by atoms with E-state index in [0.717, 1.165) is 0 Å². The zero-order chi connectivity index (χ0) is 6.41. The first-order valence-corrected chi connectivity index (χ1v) is 1.83. The van der Waals surface area contributed by atoms with Crippen LogP contribution < -0.4 is 10.9 Å². The molecule has 5 nitrogen and oxygen atoms in total. The van der Waals surface area contributed by atoms with Gasteiger partial charge in [0.15, 0.2) is 0 Å². The van der Waals surface area contributed by atoms with Crippen LogP contribution >= 0.6 is 0 Å². The van der Waals surface area contributed by atoms with Gasteiger partial charge in [0.05, 0.1) is 0 Å². The number of nitrogens with zero attached hydrogens (tertiary/aromatic N) is 2. The molecule has 0 rings (SSSR count). The Labute approximate surface area is 47.0 Å². The molecule has 8 heavy (non-hydrogen) atoms. The average Bonchev–Trinajstić information content (AvgIpc) is 1.68. The summed E-state index contributed by atoms with van der Waals surface area (Å²) in [5.41, 5.74) is 4.40. The molecule has 5 heteroatoms. The molecule has 3 N–H and O–H groups in total. The van der Waals surface area contributed by atoms with Crippen molar-refractivity contribution in [3.05, 3.63) is 0 Å². The standard InChI is InChI=1S/C3H7N5/c1-5-7-3(4)8-6-2/h1-2H2,(H3,4,7,8). The Bertz CT molecular complexity index is 94.2. The van der Waals surface area contributed by atoms with Gasteiger partial charge in [-0.05, 0) is 0 Å². The Kier molecular flexibility index (Phi) is 3.13. The van der Waals surface area contributed by atoms with E-state index < -0.39 is 0 Å². The molecule has 0 aromatic rings. The first-order chi connectivity index (χ1) is 3.81. The van der Waals surface area contributed by atoms with Crippen LogP contribution in [0.25, 0.3) is 0 Å². The smallest absolute Gasteiger partial charge is 0.230 e. The third-order valence-corrected chi connectivity index (χ3v) is 0.382. The molecule has 0 fully saturated rings. The van der Waals surface area contributed by atoms with E-state index in [1.807, 2.05) is 0 Å². The lowest BCUT2D eigenvalue weighted by Gasteiger charge is -1.96. The highest BCUT2D eigenvalue weighted by molar-refractivity contribution is 5.76. The molecule has 0 atom stereocenters. The van der Waals surface area contributed by atoms with Gasteiger partial charge in [0.25, 0.3) is 0 Å². The van der Waals surface area contributed by atoms with E-state index in [2.05, 4.69) is 34.5 Å². The molecule has 0 aliphatic carbocycles. The first kappa shape index (κ1) is 6.61. The SMILES string of the molecule is C=NNC(=N)NN=C. The second kappa shape index (κ2) is 3.79. The van der Waals surface area contributed by atoms with Crippen LogP contribution in [0.3, 0.4) is 0 Å². The van der Waals surface area contributed by atoms with Crippen molar-refractivity contribution in [1.29, 1.82) is 5.41 Å². The highest BCUT2D eigenvalue weighted by Gasteiger charge is 1.82. The molecule has 0 radical (unpaired) electrons. The molecule has 0 amide bonds. The zero-order valence-electron chi connectivity index (χ0n) is 4.31. The van der Waals surface area contributed by atoms with Crippen LogP contribution in [0.5, 0.6) is 0 Å². The molecular weight excluding hydrogens is 106 g/mol. The zero-order valence-corrected chi connectivity index (χ0v) is 4.31. The summed E-state index contributed by atoms with van der Waals surface area (Å²) < 4.78 is 0. The summed E-state index contributed by atoms with van der Waals surface area (Å²) in [5.74, 6) is -0.0463. The van der Waals surface area contributed by atoms with Gasteiger partial charge in [-0.15, -0.1) is 0 Å². The number of rotatable bonds is 2. The molecule has 0 aromatic carbocycles. The van der Waals surface area contributed by atoms with Crippen LogP contribution in [0.2, 0.25) is 0 Å². The summed E-state index contributed by atoms with van der Waals surface area (Å²) in [4.78, 5) is 0. The monoisotopic (exact) mass is 113 g/mol.